The van der Waals surface area contributed by atoms with E-state index in [4.69, 9.17) is 0 Å². The highest BCUT2D eigenvalue weighted by Crippen LogP contribution is 2.38. The molecule has 38 heavy (non-hydrogen) atoms. The fraction of sp³-hybridized carbons (Fsp3) is 0.290. The Bertz CT molecular complexity index is 1380. The molecule has 0 saturated carbocycles. The van der Waals surface area contributed by atoms with Crippen molar-refractivity contribution < 1.29 is 14.0 Å². The first-order chi connectivity index (χ1) is 18.5. The number of nitrogens with zero attached hydrogens (tertiary/aromatic N) is 2. The average molecular weight is 511 g/mol. The van der Waals surface area contributed by atoms with E-state index >= 15 is 0 Å². The summed E-state index contributed by atoms with van der Waals surface area (Å²) >= 11 is 0. The van der Waals surface area contributed by atoms with Gasteiger partial charge in [0.15, 0.2) is 0 Å². The number of piperazine rings is 1. The number of rotatable bonds is 4. The number of anilines is 2. The van der Waals surface area contributed by atoms with E-state index in [2.05, 4.69) is 38.7 Å². The minimum absolute atomic E-state index is 0.0405. The molecular weight excluding hydrogens is 479 g/mol. The first-order valence-corrected chi connectivity index (χ1v) is 13.3. The zero-order valence-corrected chi connectivity index (χ0v) is 21.3. The number of carbonyl (C=O) groups is 2. The van der Waals surface area contributed by atoms with Crippen molar-refractivity contribution >= 4 is 28.9 Å². The number of allylic oxidation sites excluding steroid dienone is 5. The third-order valence-electron chi connectivity index (χ3n) is 7.77. The van der Waals surface area contributed by atoms with Crippen molar-refractivity contribution in [3.63, 3.8) is 0 Å². The number of halogens is 1. The summed E-state index contributed by atoms with van der Waals surface area (Å²) < 4.78 is 13.2. The SMILES string of the molecule is O=C(CN1CCN(c2ccc(F)cc2)CC1)Nc1ccc2c(c1)CC1C=C2NC(=O)C2=C1C/C=C\CC=C2. The monoisotopic (exact) mass is 510 g/mol. The summed E-state index contributed by atoms with van der Waals surface area (Å²) in [5.74, 6) is -0.184. The van der Waals surface area contributed by atoms with Gasteiger partial charge in [-0.25, -0.2) is 4.39 Å². The van der Waals surface area contributed by atoms with Crippen LogP contribution in [0.2, 0.25) is 0 Å². The van der Waals surface area contributed by atoms with Crippen LogP contribution in [0.4, 0.5) is 15.8 Å². The Hall–Kier alpha value is -3.97. The van der Waals surface area contributed by atoms with Crippen LogP contribution in [0, 0.1) is 11.7 Å². The molecule has 6 rings (SSSR count). The van der Waals surface area contributed by atoms with Gasteiger partial charge in [-0.05, 0) is 66.8 Å². The molecule has 2 aliphatic heterocycles. The molecule has 6 nitrogen and oxygen atoms in total. The number of hydrogen-bond acceptors (Lipinski definition) is 4. The molecule has 1 atom stereocenters. The highest BCUT2D eigenvalue weighted by atomic mass is 19.1. The Kier molecular flexibility index (Phi) is 6.68. The third-order valence-corrected chi connectivity index (χ3v) is 7.77. The number of amides is 2. The van der Waals surface area contributed by atoms with Gasteiger partial charge in [0, 0.05) is 60.3 Å². The van der Waals surface area contributed by atoms with Crippen LogP contribution in [0.15, 0.2) is 84.0 Å². The van der Waals surface area contributed by atoms with E-state index in [1.807, 2.05) is 30.4 Å². The third kappa shape index (κ3) is 5.07. The predicted octanol–water partition coefficient (Wildman–Crippen LogP) is 4.43. The van der Waals surface area contributed by atoms with Crippen molar-refractivity contribution in [3.05, 3.63) is 101 Å². The molecule has 4 aliphatic rings. The van der Waals surface area contributed by atoms with Crippen molar-refractivity contribution in [1.82, 2.24) is 10.2 Å². The fourth-order valence-electron chi connectivity index (χ4n) is 5.79. The lowest BCUT2D eigenvalue weighted by Crippen LogP contribution is -2.48. The summed E-state index contributed by atoms with van der Waals surface area (Å²) in [6, 6.07) is 12.5. The first kappa shape index (κ1) is 24.4. The van der Waals surface area contributed by atoms with Gasteiger partial charge in [0.1, 0.15) is 5.82 Å². The van der Waals surface area contributed by atoms with E-state index in [9.17, 15) is 14.0 Å². The Morgan fingerprint density at radius 1 is 1.03 bits per heavy atom. The minimum atomic E-state index is -0.234. The van der Waals surface area contributed by atoms with Crippen LogP contribution in [-0.2, 0) is 16.0 Å². The molecule has 2 bridgehead atoms. The van der Waals surface area contributed by atoms with E-state index < -0.39 is 0 Å². The predicted molar refractivity (Wildman–Crippen MR) is 148 cm³/mol. The summed E-state index contributed by atoms with van der Waals surface area (Å²) in [6.45, 7) is 3.45. The molecule has 7 heteroatoms. The van der Waals surface area contributed by atoms with Crippen LogP contribution in [0.3, 0.4) is 0 Å². The van der Waals surface area contributed by atoms with Crippen LogP contribution < -0.4 is 15.5 Å². The molecule has 2 heterocycles. The zero-order valence-electron chi connectivity index (χ0n) is 21.3. The lowest BCUT2D eigenvalue weighted by atomic mass is 9.81. The van der Waals surface area contributed by atoms with Gasteiger partial charge < -0.3 is 15.5 Å². The quantitative estimate of drug-likeness (QED) is 0.598. The van der Waals surface area contributed by atoms with E-state index in [1.165, 1.54) is 12.1 Å². The molecule has 2 aromatic rings. The fourth-order valence-corrected chi connectivity index (χ4v) is 5.79. The second-order valence-electron chi connectivity index (χ2n) is 10.3. The Morgan fingerprint density at radius 3 is 2.66 bits per heavy atom. The van der Waals surface area contributed by atoms with E-state index in [0.29, 0.717) is 6.54 Å². The molecule has 1 unspecified atom stereocenters. The maximum atomic E-state index is 13.2. The van der Waals surface area contributed by atoms with Crippen molar-refractivity contribution in [2.45, 2.75) is 19.3 Å². The summed E-state index contributed by atoms with van der Waals surface area (Å²) in [5.41, 5.74) is 6.68. The Labute approximate surface area is 222 Å². The van der Waals surface area contributed by atoms with Crippen molar-refractivity contribution in [2.75, 3.05) is 42.9 Å². The molecule has 0 aromatic heterocycles. The van der Waals surface area contributed by atoms with Crippen molar-refractivity contribution in [1.29, 1.82) is 0 Å². The summed E-state index contributed by atoms with van der Waals surface area (Å²) in [7, 11) is 0. The van der Waals surface area contributed by atoms with Gasteiger partial charge >= 0.3 is 0 Å². The van der Waals surface area contributed by atoms with Gasteiger partial charge in [-0.3, -0.25) is 14.5 Å². The summed E-state index contributed by atoms with van der Waals surface area (Å²) in [6.07, 6.45) is 12.9. The molecule has 194 valence electrons. The van der Waals surface area contributed by atoms with Crippen LogP contribution in [0.25, 0.3) is 5.70 Å². The molecule has 0 radical (unpaired) electrons. The van der Waals surface area contributed by atoms with Crippen molar-refractivity contribution in [2.24, 2.45) is 5.92 Å². The Balaban J connectivity index is 1.10. The smallest absolute Gasteiger partial charge is 0.255 e. The van der Waals surface area contributed by atoms with E-state index in [-0.39, 0.29) is 23.5 Å². The van der Waals surface area contributed by atoms with Crippen LogP contribution in [-0.4, -0.2) is 49.4 Å². The number of fused-ring (bicyclic) bond motifs is 4. The summed E-state index contributed by atoms with van der Waals surface area (Å²) in [4.78, 5) is 30.3. The number of nitrogens with one attached hydrogen (secondary N) is 2. The molecule has 1 saturated heterocycles. The van der Waals surface area contributed by atoms with Crippen LogP contribution in [0.1, 0.15) is 24.0 Å². The first-order valence-electron chi connectivity index (χ1n) is 13.3. The van der Waals surface area contributed by atoms with Gasteiger partial charge in [0.25, 0.3) is 5.91 Å². The number of benzene rings is 2. The van der Waals surface area contributed by atoms with Gasteiger partial charge in [-0.2, -0.15) is 0 Å². The number of carbonyl (C=O) groups excluding carboxylic acids is 2. The molecule has 2 amide bonds. The molecule has 1 fully saturated rings. The second-order valence-corrected chi connectivity index (χ2v) is 10.3. The summed E-state index contributed by atoms with van der Waals surface area (Å²) in [5, 5.41) is 6.19. The maximum Gasteiger partial charge on any atom is 0.255 e. The van der Waals surface area contributed by atoms with Gasteiger partial charge in [-0.15, -0.1) is 0 Å². The molecular formula is C31H31FN4O2. The van der Waals surface area contributed by atoms with E-state index in [1.54, 1.807) is 12.1 Å². The van der Waals surface area contributed by atoms with Gasteiger partial charge in [0.2, 0.25) is 5.91 Å². The number of hydrogen-bond donors (Lipinski definition) is 2. The molecule has 2 aromatic carbocycles. The largest absolute Gasteiger partial charge is 0.369 e. The lowest BCUT2D eigenvalue weighted by molar-refractivity contribution is -0.117. The zero-order chi connectivity index (χ0) is 26.1. The maximum absolute atomic E-state index is 13.2. The van der Waals surface area contributed by atoms with Gasteiger partial charge in [-0.1, -0.05) is 36.4 Å². The van der Waals surface area contributed by atoms with Gasteiger partial charge in [0.05, 0.1) is 6.54 Å². The standard InChI is InChI=1S/C31H31FN4O2/c32-23-7-10-25(11-8-23)36-15-13-35(14-16-36)20-30(37)33-24-9-12-27-21(18-24)17-22-19-29(27)34-31(38)28-6-4-2-1-3-5-26(22)28/h1,3-4,6-12,18-19,22H,2,5,13-17,20H2,(H,33,37)(H,34,38)/b3-1-,6-4?. The highest BCUT2D eigenvalue weighted by Gasteiger charge is 2.30. The van der Waals surface area contributed by atoms with Crippen LogP contribution in [0.5, 0.6) is 0 Å². The van der Waals surface area contributed by atoms with Crippen LogP contribution >= 0.6 is 0 Å². The Morgan fingerprint density at radius 2 is 1.84 bits per heavy atom. The highest BCUT2D eigenvalue weighted by molar-refractivity contribution is 6.03. The minimum Gasteiger partial charge on any atom is -0.369 e. The molecule has 2 N–H and O–H groups in total. The van der Waals surface area contributed by atoms with Crippen molar-refractivity contribution in [3.8, 4) is 0 Å². The second kappa shape index (κ2) is 10.4. The topological polar surface area (TPSA) is 64.7 Å². The normalized spacial score (nSPS) is 21.8. The lowest BCUT2D eigenvalue weighted by Gasteiger charge is -2.35. The molecule has 0 spiro atoms. The molecule has 2 aliphatic carbocycles. The van der Waals surface area contributed by atoms with E-state index in [0.717, 1.165) is 84.8 Å². The average Bonchev–Trinajstić information content (AvgIpc) is 2.98.